The first kappa shape index (κ1) is 23.3. The Morgan fingerprint density at radius 3 is 2.41 bits per heavy atom. The van der Waals surface area contributed by atoms with Gasteiger partial charge in [-0.3, -0.25) is 9.59 Å². The fourth-order valence-corrected chi connectivity index (χ4v) is 4.16. The number of imidazole rings is 1. The van der Waals surface area contributed by atoms with Crippen LogP contribution in [0.3, 0.4) is 0 Å². The standard InChI is InChI=1S/C22H23FN4O4S/c1-15(28)16-7-9-17(10-8-16)32(30,31)25-12-11-20(29)26-21(22-24-13-14-27(22)2)18-5-3-4-6-19(18)23/h3-10,13-14,21,25H,11-12H2,1-2H3,(H,26,29)/t21-/m0/s1. The van der Waals surface area contributed by atoms with E-state index in [2.05, 4.69) is 15.0 Å². The minimum atomic E-state index is -3.85. The van der Waals surface area contributed by atoms with Gasteiger partial charge in [0.1, 0.15) is 17.7 Å². The summed E-state index contributed by atoms with van der Waals surface area (Å²) in [5.74, 6) is -0.698. The molecule has 168 valence electrons. The second-order valence-electron chi connectivity index (χ2n) is 7.15. The van der Waals surface area contributed by atoms with E-state index in [0.29, 0.717) is 11.4 Å². The number of nitrogens with one attached hydrogen (secondary N) is 2. The predicted octanol–water partition coefficient (Wildman–Crippen LogP) is 2.34. The van der Waals surface area contributed by atoms with Crippen LogP contribution in [0.15, 0.2) is 65.8 Å². The molecular weight excluding hydrogens is 435 g/mol. The van der Waals surface area contributed by atoms with E-state index >= 15 is 0 Å². The van der Waals surface area contributed by atoms with Crippen molar-refractivity contribution in [3.63, 3.8) is 0 Å². The summed E-state index contributed by atoms with van der Waals surface area (Å²) in [6.45, 7) is 1.23. The number of hydrogen-bond donors (Lipinski definition) is 2. The Kier molecular flexibility index (Phi) is 7.16. The second kappa shape index (κ2) is 9.84. The Balaban J connectivity index is 1.66. The summed E-state index contributed by atoms with van der Waals surface area (Å²) in [7, 11) is -2.12. The number of rotatable bonds is 9. The molecule has 0 aliphatic rings. The van der Waals surface area contributed by atoms with Gasteiger partial charge in [-0.1, -0.05) is 30.3 Å². The topological polar surface area (TPSA) is 110 Å². The smallest absolute Gasteiger partial charge is 0.240 e. The molecule has 32 heavy (non-hydrogen) atoms. The lowest BCUT2D eigenvalue weighted by Gasteiger charge is -2.20. The van der Waals surface area contributed by atoms with Crippen molar-refractivity contribution in [1.82, 2.24) is 19.6 Å². The van der Waals surface area contributed by atoms with E-state index in [1.165, 1.54) is 37.3 Å². The highest BCUT2D eigenvalue weighted by molar-refractivity contribution is 7.89. The first-order chi connectivity index (χ1) is 15.2. The average molecular weight is 459 g/mol. The first-order valence-electron chi connectivity index (χ1n) is 9.80. The minimum Gasteiger partial charge on any atom is -0.342 e. The molecule has 2 aromatic carbocycles. The summed E-state index contributed by atoms with van der Waals surface area (Å²) in [5, 5.41) is 2.73. The zero-order valence-electron chi connectivity index (χ0n) is 17.6. The van der Waals surface area contributed by atoms with Gasteiger partial charge in [0.2, 0.25) is 15.9 Å². The maximum absolute atomic E-state index is 14.4. The van der Waals surface area contributed by atoms with Crippen LogP contribution in [0.5, 0.6) is 0 Å². The van der Waals surface area contributed by atoms with Crippen molar-refractivity contribution >= 4 is 21.7 Å². The third kappa shape index (κ3) is 5.45. The Morgan fingerprint density at radius 2 is 1.81 bits per heavy atom. The van der Waals surface area contributed by atoms with Crippen LogP contribution in [0.4, 0.5) is 4.39 Å². The van der Waals surface area contributed by atoms with Gasteiger partial charge in [-0.2, -0.15) is 0 Å². The summed E-state index contributed by atoms with van der Waals surface area (Å²) in [5.41, 5.74) is 0.651. The van der Waals surface area contributed by atoms with Crippen LogP contribution in [0, 0.1) is 5.82 Å². The predicted molar refractivity (Wildman–Crippen MR) is 116 cm³/mol. The molecule has 1 atom stereocenters. The molecule has 0 fully saturated rings. The quantitative estimate of drug-likeness (QED) is 0.478. The summed E-state index contributed by atoms with van der Waals surface area (Å²) in [4.78, 5) is 28.1. The number of aryl methyl sites for hydroxylation is 1. The number of hydrogen-bond acceptors (Lipinski definition) is 5. The highest BCUT2D eigenvalue weighted by Crippen LogP contribution is 2.23. The van der Waals surface area contributed by atoms with Crippen molar-refractivity contribution in [3.8, 4) is 0 Å². The number of benzene rings is 2. The Labute approximate surface area is 185 Å². The average Bonchev–Trinajstić information content (AvgIpc) is 3.18. The molecule has 0 unspecified atom stereocenters. The fraction of sp³-hybridized carbons (Fsp3) is 0.227. The zero-order valence-corrected chi connectivity index (χ0v) is 18.4. The molecule has 10 heteroatoms. The van der Waals surface area contributed by atoms with Gasteiger partial charge in [0.05, 0.1) is 4.90 Å². The van der Waals surface area contributed by atoms with E-state index in [4.69, 9.17) is 0 Å². The number of Topliss-reactive ketones (excluding diaryl/α,β-unsaturated/α-hetero) is 1. The van der Waals surface area contributed by atoms with E-state index < -0.39 is 27.8 Å². The lowest BCUT2D eigenvalue weighted by atomic mass is 10.1. The van der Waals surface area contributed by atoms with Gasteiger partial charge in [0, 0.05) is 43.5 Å². The van der Waals surface area contributed by atoms with Crippen molar-refractivity contribution in [2.75, 3.05) is 6.54 Å². The van der Waals surface area contributed by atoms with Crippen molar-refractivity contribution in [3.05, 3.63) is 83.7 Å². The van der Waals surface area contributed by atoms with Crippen LogP contribution >= 0.6 is 0 Å². The molecule has 2 N–H and O–H groups in total. The number of carbonyl (C=O) groups excluding carboxylic acids is 2. The fourth-order valence-electron chi connectivity index (χ4n) is 3.13. The number of aromatic nitrogens is 2. The van der Waals surface area contributed by atoms with Crippen LogP contribution in [0.25, 0.3) is 0 Å². The summed E-state index contributed by atoms with van der Waals surface area (Å²) in [6, 6.07) is 10.7. The Bertz CT molecular complexity index is 1220. The lowest BCUT2D eigenvalue weighted by Crippen LogP contribution is -2.34. The molecule has 0 aliphatic heterocycles. The van der Waals surface area contributed by atoms with Crippen molar-refractivity contribution < 1.29 is 22.4 Å². The Morgan fingerprint density at radius 1 is 1.12 bits per heavy atom. The normalized spacial score (nSPS) is 12.3. The van der Waals surface area contributed by atoms with Crippen LogP contribution < -0.4 is 10.0 Å². The number of halogens is 1. The highest BCUT2D eigenvalue weighted by atomic mass is 32.2. The van der Waals surface area contributed by atoms with E-state index in [-0.39, 0.29) is 29.2 Å². The number of nitrogens with zero attached hydrogens (tertiary/aromatic N) is 2. The van der Waals surface area contributed by atoms with E-state index in [1.807, 2.05) is 0 Å². The molecule has 0 spiro atoms. The molecule has 0 bridgehead atoms. The van der Waals surface area contributed by atoms with Gasteiger partial charge in [0.15, 0.2) is 5.78 Å². The third-order valence-electron chi connectivity index (χ3n) is 4.85. The SMILES string of the molecule is CC(=O)c1ccc(S(=O)(=O)NCCC(=O)N[C@@H](c2ccccc2F)c2nccn2C)cc1. The summed E-state index contributed by atoms with van der Waals surface area (Å²) < 4.78 is 43.3. The highest BCUT2D eigenvalue weighted by Gasteiger charge is 2.23. The zero-order chi connectivity index (χ0) is 23.3. The Hall–Kier alpha value is -3.37. The van der Waals surface area contributed by atoms with Crippen LogP contribution in [-0.4, -0.2) is 36.2 Å². The van der Waals surface area contributed by atoms with Gasteiger partial charge < -0.3 is 9.88 Å². The van der Waals surface area contributed by atoms with Gasteiger partial charge >= 0.3 is 0 Å². The number of carbonyl (C=O) groups is 2. The van der Waals surface area contributed by atoms with Crippen molar-refractivity contribution in [1.29, 1.82) is 0 Å². The molecule has 3 aromatic rings. The molecular formula is C22H23FN4O4S. The number of sulfonamides is 1. The van der Waals surface area contributed by atoms with Crippen molar-refractivity contribution in [2.24, 2.45) is 7.05 Å². The molecule has 1 aromatic heterocycles. The van der Waals surface area contributed by atoms with Crippen LogP contribution in [0.2, 0.25) is 0 Å². The minimum absolute atomic E-state index is 0.0137. The summed E-state index contributed by atoms with van der Waals surface area (Å²) in [6.07, 6.45) is 3.06. The number of amides is 1. The number of ketones is 1. The largest absolute Gasteiger partial charge is 0.342 e. The molecule has 0 saturated carbocycles. The monoisotopic (exact) mass is 458 g/mol. The van der Waals surface area contributed by atoms with Gasteiger partial charge in [0.25, 0.3) is 0 Å². The lowest BCUT2D eigenvalue weighted by molar-refractivity contribution is -0.121. The molecule has 8 nitrogen and oxygen atoms in total. The maximum Gasteiger partial charge on any atom is 0.240 e. The van der Waals surface area contributed by atoms with E-state index in [1.54, 1.807) is 42.2 Å². The second-order valence-corrected chi connectivity index (χ2v) is 8.91. The molecule has 1 heterocycles. The summed E-state index contributed by atoms with van der Waals surface area (Å²) >= 11 is 0. The molecule has 0 radical (unpaired) electrons. The molecule has 0 saturated heterocycles. The van der Waals surface area contributed by atoms with Crippen molar-refractivity contribution in [2.45, 2.75) is 24.3 Å². The van der Waals surface area contributed by atoms with Crippen LogP contribution in [0.1, 0.15) is 41.1 Å². The van der Waals surface area contributed by atoms with E-state index in [9.17, 15) is 22.4 Å². The maximum atomic E-state index is 14.4. The van der Waals surface area contributed by atoms with Gasteiger partial charge in [-0.25, -0.2) is 22.5 Å². The first-order valence-corrected chi connectivity index (χ1v) is 11.3. The van der Waals surface area contributed by atoms with Crippen LogP contribution in [-0.2, 0) is 21.9 Å². The van der Waals surface area contributed by atoms with Gasteiger partial charge in [-0.05, 0) is 25.1 Å². The molecule has 0 aliphatic carbocycles. The van der Waals surface area contributed by atoms with E-state index in [0.717, 1.165) is 0 Å². The van der Waals surface area contributed by atoms with Gasteiger partial charge in [-0.15, -0.1) is 0 Å². The molecule has 3 rings (SSSR count). The molecule has 1 amide bonds. The third-order valence-corrected chi connectivity index (χ3v) is 6.33.